The Balaban J connectivity index is 3.05. The van der Waals surface area contributed by atoms with E-state index in [2.05, 4.69) is 0 Å². The summed E-state index contributed by atoms with van der Waals surface area (Å²) in [6, 6.07) is 9.11. The summed E-state index contributed by atoms with van der Waals surface area (Å²) in [5.74, 6) is -1.31. The van der Waals surface area contributed by atoms with Gasteiger partial charge in [-0.05, 0) is 32.8 Å². The second kappa shape index (κ2) is 10.2. The van der Waals surface area contributed by atoms with Gasteiger partial charge in [-0.3, -0.25) is 4.79 Å². The minimum Gasteiger partial charge on any atom is -0.432 e. The van der Waals surface area contributed by atoms with Gasteiger partial charge < -0.3 is 20.0 Å². The lowest BCUT2D eigenvalue weighted by molar-refractivity contribution is -0.215. The van der Waals surface area contributed by atoms with E-state index in [1.807, 2.05) is 37.3 Å². The summed E-state index contributed by atoms with van der Waals surface area (Å²) >= 11 is 0. The van der Waals surface area contributed by atoms with E-state index in [1.54, 1.807) is 34.6 Å². The average Bonchev–Trinajstić information content (AvgIpc) is 2.63. The number of ether oxygens (including phenoxy) is 2. The Morgan fingerprint density at radius 3 is 2.14 bits per heavy atom. The molecule has 0 saturated carbocycles. The predicted molar refractivity (Wildman–Crippen MR) is 107 cm³/mol. The van der Waals surface area contributed by atoms with Crippen molar-refractivity contribution in [3.63, 3.8) is 0 Å². The highest BCUT2D eigenvalue weighted by molar-refractivity contribution is 5.84. The summed E-state index contributed by atoms with van der Waals surface area (Å²) in [6.07, 6.45) is -2.00. The Kier molecular flexibility index (Phi) is 8.63. The summed E-state index contributed by atoms with van der Waals surface area (Å²) in [4.78, 5) is 42.2. The fourth-order valence-corrected chi connectivity index (χ4v) is 2.17. The second-order valence-electron chi connectivity index (χ2n) is 8.32. The Labute approximate surface area is 172 Å². The molecule has 0 aliphatic rings. The number of primary amides is 1. The lowest BCUT2D eigenvalue weighted by Gasteiger charge is -2.31. The van der Waals surface area contributed by atoms with Gasteiger partial charge in [-0.1, -0.05) is 51.1 Å². The molecule has 1 aromatic rings. The van der Waals surface area contributed by atoms with Crippen molar-refractivity contribution >= 4 is 18.0 Å². The Morgan fingerprint density at radius 1 is 1.07 bits per heavy atom. The lowest BCUT2D eigenvalue weighted by atomic mass is 9.89. The van der Waals surface area contributed by atoms with Crippen LogP contribution in [0.25, 0.3) is 0 Å². The van der Waals surface area contributed by atoms with Crippen LogP contribution >= 0.6 is 0 Å². The standard InChI is InChI=1S/C21H32N2O6/c1-7-21(5,6)18(25)23(13-15-11-9-8-10-12-15)29-17(24)16(28-19(22)26)14-27-20(2,3)4/h8-12,16H,7,13-14H2,1-6H3,(H2,22,26). The quantitative estimate of drug-likeness (QED) is 0.662. The maximum atomic E-state index is 13.0. The average molecular weight is 408 g/mol. The SMILES string of the molecule is CCC(C)(C)C(=O)N(Cc1ccccc1)OC(=O)C(COC(C)(C)C)OC(N)=O. The zero-order valence-corrected chi connectivity index (χ0v) is 18.1. The molecule has 1 unspecified atom stereocenters. The van der Waals surface area contributed by atoms with Crippen molar-refractivity contribution in [1.82, 2.24) is 5.06 Å². The van der Waals surface area contributed by atoms with E-state index in [1.165, 1.54) is 0 Å². The third-order valence-corrected chi connectivity index (χ3v) is 4.25. The molecule has 8 nitrogen and oxygen atoms in total. The van der Waals surface area contributed by atoms with Gasteiger partial charge in [0.2, 0.25) is 6.10 Å². The van der Waals surface area contributed by atoms with Crippen LogP contribution in [-0.4, -0.2) is 41.3 Å². The molecule has 8 heteroatoms. The third kappa shape index (κ3) is 8.51. The van der Waals surface area contributed by atoms with Crippen LogP contribution < -0.4 is 5.73 Å². The zero-order chi connectivity index (χ0) is 22.2. The molecule has 1 rings (SSSR count). The molecule has 0 heterocycles. The van der Waals surface area contributed by atoms with Crippen molar-refractivity contribution in [3.8, 4) is 0 Å². The highest BCUT2D eigenvalue weighted by Crippen LogP contribution is 2.25. The van der Waals surface area contributed by atoms with E-state index in [0.29, 0.717) is 6.42 Å². The van der Waals surface area contributed by atoms with E-state index in [9.17, 15) is 14.4 Å². The highest BCUT2D eigenvalue weighted by Gasteiger charge is 2.35. The number of carbonyl (C=O) groups is 3. The van der Waals surface area contributed by atoms with Crippen molar-refractivity contribution in [2.75, 3.05) is 6.61 Å². The van der Waals surface area contributed by atoms with Gasteiger partial charge in [-0.25, -0.2) is 9.59 Å². The van der Waals surface area contributed by atoms with Crippen molar-refractivity contribution < 1.29 is 28.7 Å². The minimum absolute atomic E-state index is 0.0538. The molecule has 0 aromatic heterocycles. The number of amides is 2. The highest BCUT2D eigenvalue weighted by atomic mass is 16.7. The fourth-order valence-electron chi connectivity index (χ4n) is 2.17. The molecule has 0 aliphatic carbocycles. The third-order valence-electron chi connectivity index (χ3n) is 4.25. The number of hydroxylamine groups is 2. The summed E-state index contributed by atoms with van der Waals surface area (Å²) in [5.41, 5.74) is 4.51. The maximum absolute atomic E-state index is 13.0. The van der Waals surface area contributed by atoms with Crippen LogP contribution in [0.2, 0.25) is 0 Å². The number of benzene rings is 1. The monoisotopic (exact) mass is 408 g/mol. The molecule has 29 heavy (non-hydrogen) atoms. The van der Waals surface area contributed by atoms with Gasteiger partial charge >= 0.3 is 12.1 Å². The molecule has 1 aromatic carbocycles. The van der Waals surface area contributed by atoms with Crippen LogP contribution in [0.4, 0.5) is 4.79 Å². The first-order valence-corrected chi connectivity index (χ1v) is 9.53. The Morgan fingerprint density at radius 2 is 1.66 bits per heavy atom. The number of hydrogen-bond acceptors (Lipinski definition) is 6. The van der Waals surface area contributed by atoms with E-state index in [4.69, 9.17) is 20.0 Å². The normalized spacial score (nSPS) is 12.8. The van der Waals surface area contributed by atoms with Gasteiger partial charge in [0.05, 0.1) is 18.8 Å². The summed E-state index contributed by atoms with van der Waals surface area (Å²) in [5, 5.41) is 0.996. The smallest absolute Gasteiger partial charge is 0.405 e. The molecule has 0 saturated heterocycles. The van der Waals surface area contributed by atoms with Gasteiger partial charge in [0, 0.05) is 5.41 Å². The molecule has 0 bridgehead atoms. The summed E-state index contributed by atoms with van der Waals surface area (Å²) in [6.45, 7) is 10.6. The van der Waals surface area contributed by atoms with Crippen LogP contribution in [0.3, 0.4) is 0 Å². The van der Waals surface area contributed by atoms with Gasteiger partial charge in [0.25, 0.3) is 5.91 Å². The van der Waals surface area contributed by atoms with Crippen LogP contribution in [0.15, 0.2) is 30.3 Å². The van der Waals surface area contributed by atoms with E-state index >= 15 is 0 Å². The lowest BCUT2D eigenvalue weighted by Crippen LogP contribution is -2.45. The summed E-state index contributed by atoms with van der Waals surface area (Å²) < 4.78 is 10.4. The van der Waals surface area contributed by atoms with Crippen LogP contribution in [-0.2, 0) is 30.4 Å². The van der Waals surface area contributed by atoms with Gasteiger partial charge in [0.15, 0.2) is 0 Å². The van der Waals surface area contributed by atoms with Crippen molar-refractivity contribution in [2.45, 2.75) is 66.2 Å². The number of hydrogen-bond donors (Lipinski definition) is 1. The van der Waals surface area contributed by atoms with Crippen molar-refractivity contribution in [1.29, 1.82) is 0 Å². The van der Waals surface area contributed by atoms with Crippen molar-refractivity contribution in [2.24, 2.45) is 11.1 Å². The fraction of sp³-hybridized carbons (Fsp3) is 0.571. The van der Waals surface area contributed by atoms with Gasteiger partial charge in [-0.2, -0.15) is 5.06 Å². The number of nitrogens with zero attached hydrogens (tertiary/aromatic N) is 1. The molecule has 162 valence electrons. The predicted octanol–water partition coefficient (Wildman–Crippen LogP) is 3.19. The minimum atomic E-state index is -1.40. The first-order chi connectivity index (χ1) is 13.4. The topological polar surface area (TPSA) is 108 Å². The van der Waals surface area contributed by atoms with Crippen LogP contribution in [0.1, 0.15) is 53.5 Å². The van der Waals surface area contributed by atoms with E-state index in [0.717, 1.165) is 10.6 Å². The molecule has 2 N–H and O–H groups in total. The van der Waals surface area contributed by atoms with Crippen LogP contribution in [0, 0.1) is 5.41 Å². The molecule has 0 radical (unpaired) electrons. The number of nitrogens with two attached hydrogens (primary N) is 1. The van der Waals surface area contributed by atoms with Crippen molar-refractivity contribution in [3.05, 3.63) is 35.9 Å². The molecular formula is C21H32N2O6. The first-order valence-electron chi connectivity index (χ1n) is 9.53. The molecule has 2 amide bonds. The first kappa shape index (κ1) is 24.4. The Hall–Kier alpha value is -2.61. The van der Waals surface area contributed by atoms with E-state index < -0.39 is 29.2 Å². The largest absolute Gasteiger partial charge is 0.432 e. The zero-order valence-electron chi connectivity index (χ0n) is 18.1. The maximum Gasteiger partial charge on any atom is 0.405 e. The second-order valence-corrected chi connectivity index (χ2v) is 8.32. The molecule has 0 aliphatic heterocycles. The number of rotatable bonds is 8. The Bertz CT molecular complexity index is 697. The van der Waals surface area contributed by atoms with Gasteiger partial charge in [0.1, 0.15) is 0 Å². The molecular weight excluding hydrogens is 376 g/mol. The molecule has 1 atom stereocenters. The summed E-state index contributed by atoms with van der Waals surface area (Å²) in [7, 11) is 0. The van der Waals surface area contributed by atoms with Gasteiger partial charge in [-0.15, -0.1) is 0 Å². The van der Waals surface area contributed by atoms with Crippen LogP contribution in [0.5, 0.6) is 0 Å². The van der Waals surface area contributed by atoms with E-state index in [-0.39, 0.29) is 19.1 Å². The molecule has 0 fully saturated rings. The number of carbonyl (C=O) groups excluding carboxylic acids is 3. The molecule has 0 spiro atoms.